The highest BCUT2D eigenvalue weighted by atomic mass is 16.7. The van der Waals surface area contributed by atoms with E-state index in [4.69, 9.17) is 14.3 Å². The maximum absolute atomic E-state index is 13.3. The minimum Gasteiger partial charge on any atom is -0.485 e. The van der Waals surface area contributed by atoms with Crippen molar-refractivity contribution in [3.05, 3.63) is 131 Å². The van der Waals surface area contributed by atoms with Crippen LogP contribution in [0.3, 0.4) is 0 Å². The van der Waals surface area contributed by atoms with Crippen LogP contribution in [0.4, 0.5) is 0 Å². The van der Waals surface area contributed by atoms with Crippen molar-refractivity contribution in [3.63, 3.8) is 0 Å². The predicted octanol–water partition coefficient (Wildman–Crippen LogP) is 6.46. The van der Waals surface area contributed by atoms with Crippen molar-refractivity contribution in [1.29, 1.82) is 0 Å². The van der Waals surface area contributed by atoms with Gasteiger partial charge in [-0.3, -0.25) is 19.2 Å². The third-order valence-electron chi connectivity index (χ3n) is 8.12. The minimum absolute atomic E-state index is 0.140. The molecule has 0 heterocycles. The molecule has 0 fully saturated rings. The molecule has 0 aliphatic carbocycles. The van der Waals surface area contributed by atoms with Gasteiger partial charge in [0.2, 0.25) is 11.8 Å². The minimum atomic E-state index is -1.14. The largest absolute Gasteiger partial charge is 0.485 e. The summed E-state index contributed by atoms with van der Waals surface area (Å²) in [5, 5.41) is 16.4. The number of benzene rings is 4. The summed E-state index contributed by atoms with van der Waals surface area (Å²) in [4.78, 5) is 55.3. The van der Waals surface area contributed by atoms with Crippen molar-refractivity contribution in [2.75, 3.05) is 13.1 Å². The van der Waals surface area contributed by atoms with E-state index in [9.17, 15) is 24.3 Å². The van der Waals surface area contributed by atoms with Gasteiger partial charge in [0.05, 0.1) is 5.56 Å². The second-order valence-corrected chi connectivity index (χ2v) is 12.2. The van der Waals surface area contributed by atoms with Crippen LogP contribution in [0.2, 0.25) is 0 Å². The van der Waals surface area contributed by atoms with Crippen LogP contribution in [0.5, 0.6) is 11.5 Å². The number of carboxylic acids is 1. The van der Waals surface area contributed by atoms with Crippen molar-refractivity contribution < 1.29 is 38.6 Å². The zero-order chi connectivity index (χ0) is 37.0. The third-order valence-corrected chi connectivity index (χ3v) is 8.12. The molecular weight excluding hydrogens is 662 g/mol. The lowest BCUT2D eigenvalue weighted by Crippen LogP contribution is -2.41. The highest BCUT2D eigenvalue weighted by molar-refractivity contribution is 5.97. The molecule has 0 saturated carbocycles. The predicted molar refractivity (Wildman–Crippen MR) is 196 cm³/mol. The number of rotatable bonds is 22. The van der Waals surface area contributed by atoms with Crippen LogP contribution < -0.4 is 20.1 Å². The molecule has 0 spiro atoms. The van der Waals surface area contributed by atoms with Crippen LogP contribution in [0.1, 0.15) is 72.5 Å². The monoisotopic (exact) mass is 709 g/mol. The Morgan fingerprint density at radius 2 is 1.29 bits per heavy atom. The number of unbranched alkanes of at least 4 members (excludes halogenated alkanes) is 2. The second-order valence-electron chi connectivity index (χ2n) is 12.2. The van der Waals surface area contributed by atoms with Crippen molar-refractivity contribution in [2.24, 2.45) is 0 Å². The second kappa shape index (κ2) is 21.5. The molecule has 11 nitrogen and oxygen atoms in total. The summed E-state index contributed by atoms with van der Waals surface area (Å²) in [7, 11) is 0. The molecule has 0 aliphatic rings. The number of nitrogens with zero attached hydrogens (tertiary/aromatic N) is 1. The first kappa shape index (κ1) is 39.1. The number of amides is 3. The van der Waals surface area contributed by atoms with Crippen molar-refractivity contribution >= 4 is 23.7 Å². The highest BCUT2D eigenvalue weighted by Gasteiger charge is 2.21. The lowest BCUT2D eigenvalue weighted by Gasteiger charge is -2.21. The van der Waals surface area contributed by atoms with Crippen LogP contribution in [0.15, 0.2) is 109 Å². The maximum atomic E-state index is 13.3. The van der Waals surface area contributed by atoms with Crippen molar-refractivity contribution in [3.8, 4) is 11.5 Å². The Balaban J connectivity index is 1.19. The SMILES string of the molecule is CC(=O)N(CCC[C@H](NC(=O)CCCCCNC(=O)c1cccc(OCc2ccccc2)c1OCc1ccccc1)C(=O)O)OCc1ccccc1. The summed E-state index contributed by atoms with van der Waals surface area (Å²) in [6.07, 6.45) is 2.40. The van der Waals surface area contributed by atoms with Gasteiger partial charge in [0.25, 0.3) is 5.91 Å². The van der Waals surface area contributed by atoms with E-state index in [1.807, 2.05) is 91.0 Å². The summed E-state index contributed by atoms with van der Waals surface area (Å²) in [6, 6.07) is 33.0. The number of hydrogen-bond donors (Lipinski definition) is 3. The van der Waals surface area contributed by atoms with Crippen LogP contribution in [0, 0.1) is 0 Å². The smallest absolute Gasteiger partial charge is 0.326 e. The van der Waals surface area contributed by atoms with Gasteiger partial charge in [-0.05, 0) is 54.5 Å². The van der Waals surface area contributed by atoms with Gasteiger partial charge < -0.3 is 25.2 Å². The van der Waals surface area contributed by atoms with E-state index in [0.717, 1.165) is 16.7 Å². The molecule has 1 atom stereocenters. The normalized spacial score (nSPS) is 11.2. The number of hydroxylamine groups is 2. The van der Waals surface area contributed by atoms with E-state index in [1.54, 1.807) is 18.2 Å². The molecule has 0 unspecified atom stereocenters. The number of para-hydroxylation sites is 1. The standard InChI is InChI=1S/C41H47N3O8/c1-31(45)44(52-30-34-20-10-4-11-21-34)27-15-23-36(41(48)49)43-38(46)25-12-5-13-26-42-40(47)35-22-14-24-37(50-28-32-16-6-2-7-17-32)39(35)51-29-33-18-8-3-9-19-33/h2-4,6-11,14,16-22,24,36H,5,12-13,15,23,25-30H2,1H3,(H,42,47)(H,43,46)(H,48,49)/t36-/m0/s1. The topological polar surface area (TPSA) is 144 Å². The van der Waals surface area contributed by atoms with Gasteiger partial charge in [-0.15, -0.1) is 0 Å². The maximum Gasteiger partial charge on any atom is 0.326 e. The first-order valence-electron chi connectivity index (χ1n) is 17.5. The average molecular weight is 710 g/mol. The Bertz CT molecular complexity index is 1700. The molecule has 4 aromatic rings. The van der Waals surface area contributed by atoms with E-state index in [-0.39, 0.29) is 50.3 Å². The lowest BCUT2D eigenvalue weighted by molar-refractivity contribution is -0.189. The zero-order valence-corrected chi connectivity index (χ0v) is 29.5. The summed E-state index contributed by atoms with van der Waals surface area (Å²) in [6.45, 7) is 2.75. The Morgan fingerprint density at radius 1 is 0.692 bits per heavy atom. The Hall–Kier alpha value is -5.68. The van der Waals surface area contributed by atoms with Crippen LogP contribution in [0.25, 0.3) is 0 Å². The molecule has 52 heavy (non-hydrogen) atoms. The van der Waals surface area contributed by atoms with E-state index in [2.05, 4.69) is 10.6 Å². The molecule has 274 valence electrons. The molecule has 3 N–H and O–H groups in total. The van der Waals surface area contributed by atoms with Gasteiger partial charge in [0.15, 0.2) is 11.5 Å². The molecule has 4 rings (SSSR count). The highest BCUT2D eigenvalue weighted by Crippen LogP contribution is 2.33. The van der Waals surface area contributed by atoms with Crippen LogP contribution >= 0.6 is 0 Å². The molecule has 0 saturated heterocycles. The summed E-state index contributed by atoms with van der Waals surface area (Å²) in [5.74, 6) is -1.28. The number of aliphatic carboxylic acids is 1. The van der Waals surface area contributed by atoms with Gasteiger partial charge in [0.1, 0.15) is 25.9 Å². The first-order chi connectivity index (χ1) is 25.3. The fourth-order valence-electron chi connectivity index (χ4n) is 5.31. The first-order valence-corrected chi connectivity index (χ1v) is 17.5. The number of carbonyl (C=O) groups is 4. The number of carboxylic acid groups (broad SMARTS) is 1. The molecular formula is C41H47N3O8. The molecule has 3 amide bonds. The van der Waals surface area contributed by atoms with Crippen molar-refractivity contribution in [1.82, 2.24) is 15.7 Å². The van der Waals surface area contributed by atoms with Gasteiger partial charge in [-0.25, -0.2) is 9.86 Å². The fourth-order valence-corrected chi connectivity index (χ4v) is 5.31. The number of ether oxygens (including phenoxy) is 2. The van der Waals surface area contributed by atoms with E-state index < -0.39 is 12.0 Å². The van der Waals surface area contributed by atoms with Crippen molar-refractivity contribution in [2.45, 2.75) is 71.3 Å². The molecule has 0 aromatic heterocycles. The van der Waals surface area contributed by atoms with Crippen LogP contribution in [-0.2, 0) is 39.0 Å². The third kappa shape index (κ3) is 13.6. The molecule has 11 heteroatoms. The average Bonchev–Trinajstić information content (AvgIpc) is 3.16. The number of hydrogen-bond acceptors (Lipinski definition) is 7. The van der Waals surface area contributed by atoms with Crippen LogP contribution in [-0.4, -0.2) is 53.0 Å². The van der Waals surface area contributed by atoms with E-state index in [1.165, 1.54) is 12.0 Å². The Kier molecular flexibility index (Phi) is 16.2. The fraction of sp³-hybridized carbons (Fsp3) is 0.317. The number of nitrogens with one attached hydrogen (secondary N) is 2. The lowest BCUT2D eigenvalue weighted by atomic mass is 10.1. The van der Waals surface area contributed by atoms with Gasteiger partial charge in [-0.1, -0.05) is 103 Å². The summed E-state index contributed by atoms with van der Waals surface area (Å²) >= 11 is 0. The summed E-state index contributed by atoms with van der Waals surface area (Å²) in [5.41, 5.74) is 3.20. The van der Waals surface area contributed by atoms with E-state index in [0.29, 0.717) is 55.9 Å². The Morgan fingerprint density at radius 3 is 1.88 bits per heavy atom. The van der Waals surface area contributed by atoms with Gasteiger partial charge in [0, 0.05) is 26.4 Å². The molecule has 4 aromatic carbocycles. The quantitative estimate of drug-likeness (QED) is 0.0623. The zero-order valence-electron chi connectivity index (χ0n) is 29.5. The Labute approximate surface area is 304 Å². The van der Waals surface area contributed by atoms with E-state index >= 15 is 0 Å². The number of carbonyl (C=O) groups excluding carboxylic acids is 3. The molecule has 0 aliphatic heterocycles. The molecule has 0 radical (unpaired) electrons. The summed E-state index contributed by atoms with van der Waals surface area (Å²) < 4.78 is 12.3. The molecule has 0 bridgehead atoms. The van der Waals surface area contributed by atoms with Gasteiger partial charge in [-0.2, -0.15) is 0 Å². The van der Waals surface area contributed by atoms with Gasteiger partial charge >= 0.3 is 5.97 Å².